The van der Waals surface area contributed by atoms with Crippen LogP contribution in [0.25, 0.3) is 10.9 Å². The predicted molar refractivity (Wildman–Crippen MR) is 85.4 cm³/mol. The van der Waals surface area contributed by atoms with E-state index in [1.54, 1.807) is 18.2 Å². The number of nitrogens with one attached hydrogen (secondary N) is 2. The van der Waals surface area contributed by atoms with Gasteiger partial charge in [-0.2, -0.15) is 0 Å². The summed E-state index contributed by atoms with van der Waals surface area (Å²) in [6.07, 6.45) is 2.31. The Hall–Kier alpha value is -2.41. The van der Waals surface area contributed by atoms with Gasteiger partial charge in [0.15, 0.2) is 0 Å². The standard InChI is InChI=1S/C16H18N4O3/c21-16(19-8-11-4-2-6-17-13(11)9-19)12-7-10-3-1-5-14(20(22)23)15(10)18-12/h1,3,5,7,11,13,17-18H,2,4,6,8-9H2/t11-,13+/m0/s1. The highest BCUT2D eigenvalue weighted by atomic mass is 16.6. The molecule has 2 saturated heterocycles. The lowest BCUT2D eigenvalue weighted by Gasteiger charge is -2.24. The van der Waals surface area contributed by atoms with E-state index in [9.17, 15) is 14.9 Å². The highest BCUT2D eigenvalue weighted by molar-refractivity contribution is 6.00. The Morgan fingerprint density at radius 3 is 3.00 bits per heavy atom. The number of para-hydroxylation sites is 1. The summed E-state index contributed by atoms with van der Waals surface area (Å²) in [5.74, 6) is 0.443. The fraction of sp³-hybridized carbons (Fsp3) is 0.438. The van der Waals surface area contributed by atoms with Crippen LogP contribution in [-0.2, 0) is 0 Å². The summed E-state index contributed by atoms with van der Waals surface area (Å²) >= 11 is 0. The van der Waals surface area contributed by atoms with Crippen molar-refractivity contribution in [2.24, 2.45) is 5.92 Å². The number of non-ortho nitro benzene ring substituents is 1. The normalized spacial score (nSPS) is 23.9. The van der Waals surface area contributed by atoms with E-state index in [4.69, 9.17) is 0 Å². The van der Waals surface area contributed by atoms with Gasteiger partial charge >= 0.3 is 0 Å². The number of nitrogens with zero attached hydrogens (tertiary/aromatic N) is 2. The minimum absolute atomic E-state index is 0.00157. The molecule has 23 heavy (non-hydrogen) atoms. The molecule has 4 rings (SSSR count). The van der Waals surface area contributed by atoms with Gasteiger partial charge in [0.05, 0.1) is 4.92 Å². The largest absolute Gasteiger partial charge is 0.345 e. The molecule has 1 amide bonds. The molecule has 7 nitrogen and oxygen atoms in total. The van der Waals surface area contributed by atoms with Gasteiger partial charge in [-0.15, -0.1) is 0 Å². The van der Waals surface area contributed by atoms with Crippen LogP contribution in [0.15, 0.2) is 24.3 Å². The van der Waals surface area contributed by atoms with E-state index in [2.05, 4.69) is 10.3 Å². The Bertz CT molecular complexity index is 771. The molecule has 2 N–H and O–H groups in total. The molecule has 0 spiro atoms. The molecule has 0 unspecified atom stereocenters. The Morgan fingerprint density at radius 2 is 2.22 bits per heavy atom. The number of nitro benzene ring substituents is 1. The lowest BCUT2D eigenvalue weighted by molar-refractivity contribution is -0.383. The average molecular weight is 314 g/mol. The van der Waals surface area contributed by atoms with Crippen molar-refractivity contribution in [1.29, 1.82) is 0 Å². The van der Waals surface area contributed by atoms with E-state index in [1.165, 1.54) is 6.07 Å². The maximum atomic E-state index is 12.7. The number of carbonyl (C=O) groups excluding carboxylic acids is 1. The zero-order valence-electron chi connectivity index (χ0n) is 12.6. The highest BCUT2D eigenvalue weighted by Gasteiger charge is 2.37. The van der Waals surface area contributed by atoms with Crippen LogP contribution >= 0.6 is 0 Å². The molecule has 2 aliphatic heterocycles. The third-order valence-corrected chi connectivity index (χ3v) is 4.95. The Kier molecular flexibility index (Phi) is 3.30. The van der Waals surface area contributed by atoms with Crippen LogP contribution in [0.5, 0.6) is 0 Å². The third kappa shape index (κ3) is 2.37. The summed E-state index contributed by atoms with van der Waals surface area (Å²) < 4.78 is 0. The van der Waals surface area contributed by atoms with Crippen molar-refractivity contribution in [3.63, 3.8) is 0 Å². The molecule has 1 aromatic carbocycles. The number of H-pyrrole nitrogens is 1. The van der Waals surface area contributed by atoms with Crippen LogP contribution < -0.4 is 5.32 Å². The number of aromatic amines is 1. The van der Waals surface area contributed by atoms with Crippen LogP contribution in [0.4, 0.5) is 5.69 Å². The number of piperidine rings is 1. The molecular formula is C16H18N4O3. The summed E-state index contributed by atoms with van der Waals surface area (Å²) in [4.78, 5) is 28.2. The number of fused-ring (bicyclic) bond motifs is 2. The molecule has 0 bridgehead atoms. The maximum Gasteiger partial charge on any atom is 0.293 e. The highest BCUT2D eigenvalue weighted by Crippen LogP contribution is 2.29. The molecule has 0 aliphatic carbocycles. The Balaban J connectivity index is 1.63. The molecule has 2 aromatic rings. The van der Waals surface area contributed by atoms with Crippen molar-refractivity contribution in [2.75, 3.05) is 19.6 Å². The second-order valence-electron chi connectivity index (χ2n) is 6.35. The van der Waals surface area contributed by atoms with Gasteiger partial charge < -0.3 is 15.2 Å². The minimum atomic E-state index is -0.429. The van der Waals surface area contributed by atoms with Crippen LogP contribution in [0.1, 0.15) is 23.3 Å². The zero-order valence-corrected chi connectivity index (χ0v) is 12.6. The van der Waals surface area contributed by atoms with E-state index in [0.29, 0.717) is 35.1 Å². The van der Waals surface area contributed by atoms with Crippen LogP contribution in [0.2, 0.25) is 0 Å². The van der Waals surface area contributed by atoms with E-state index in [-0.39, 0.29) is 11.6 Å². The van der Waals surface area contributed by atoms with E-state index in [1.807, 2.05) is 4.90 Å². The molecule has 1 aromatic heterocycles. The number of carbonyl (C=O) groups is 1. The molecule has 2 fully saturated rings. The first kappa shape index (κ1) is 14.2. The number of likely N-dealkylation sites (tertiary alicyclic amines) is 1. The number of benzene rings is 1. The number of nitro groups is 1. The molecule has 3 heterocycles. The second kappa shape index (κ2) is 5.34. The smallest absolute Gasteiger partial charge is 0.293 e. The minimum Gasteiger partial charge on any atom is -0.345 e. The summed E-state index contributed by atoms with van der Waals surface area (Å²) in [5, 5.41) is 15.3. The summed E-state index contributed by atoms with van der Waals surface area (Å²) in [6, 6.07) is 6.95. The van der Waals surface area contributed by atoms with Gasteiger partial charge in [-0.1, -0.05) is 12.1 Å². The molecule has 7 heteroatoms. The predicted octanol–water partition coefficient (Wildman–Crippen LogP) is 1.90. The van der Waals surface area contributed by atoms with Crippen LogP contribution in [0, 0.1) is 16.0 Å². The number of hydrogen-bond acceptors (Lipinski definition) is 4. The van der Waals surface area contributed by atoms with Gasteiger partial charge in [-0.3, -0.25) is 14.9 Å². The van der Waals surface area contributed by atoms with Gasteiger partial charge in [0, 0.05) is 30.6 Å². The number of rotatable bonds is 2. The third-order valence-electron chi connectivity index (χ3n) is 4.95. The van der Waals surface area contributed by atoms with Crippen molar-refractivity contribution in [3.8, 4) is 0 Å². The van der Waals surface area contributed by atoms with Crippen molar-refractivity contribution < 1.29 is 9.72 Å². The molecule has 2 atom stereocenters. The van der Waals surface area contributed by atoms with E-state index in [0.717, 1.165) is 25.9 Å². The first-order valence-electron chi connectivity index (χ1n) is 7.92. The molecule has 0 radical (unpaired) electrons. The maximum absolute atomic E-state index is 12.7. The van der Waals surface area contributed by atoms with Gasteiger partial charge in [-0.25, -0.2) is 0 Å². The lowest BCUT2D eigenvalue weighted by Crippen LogP contribution is -2.41. The van der Waals surface area contributed by atoms with Crippen molar-refractivity contribution in [1.82, 2.24) is 15.2 Å². The van der Waals surface area contributed by atoms with Gasteiger partial charge in [-0.05, 0) is 31.4 Å². The van der Waals surface area contributed by atoms with Gasteiger partial charge in [0.2, 0.25) is 0 Å². The molecule has 2 aliphatic rings. The van der Waals surface area contributed by atoms with Crippen molar-refractivity contribution in [2.45, 2.75) is 18.9 Å². The molecule has 120 valence electrons. The fourth-order valence-corrected chi connectivity index (χ4v) is 3.79. The number of amides is 1. The second-order valence-corrected chi connectivity index (χ2v) is 6.35. The topological polar surface area (TPSA) is 91.3 Å². The first-order valence-corrected chi connectivity index (χ1v) is 7.92. The van der Waals surface area contributed by atoms with Crippen LogP contribution in [-0.4, -0.2) is 46.4 Å². The Morgan fingerprint density at radius 1 is 1.35 bits per heavy atom. The van der Waals surface area contributed by atoms with Crippen LogP contribution in [0.3, 0.4) is 0 Å². The average Bonchev–Trinajstić information content (AvgIpc) is 3.17. The number of hydrogen-bond donors (Lipinski definition) is 2. The summed E-state index contributed by atoms with van der Waals surface area (Å²) in [6.45, 7) is 2.48. The number of aromatic nitrogens is 1. The van der Waals surface area contributed by atoms with E-state index < -0.39 is 4.92 Å². The van der Waals surface area contributed by atoms with Gasteiger partial charge in [0.25, 0.3) is 11.6 Å². The van der Waals surface area contributed by atoms with Crippen molar-refractivity contribution in [3.05, 3.63) is 40.1 Å². The first-order chi connectivity index (χ1) is 11.1. The van der Waals surface area contributed by atoms with Crippen molar-refractivity contribution >= 4 is 22.5 Å². The molecule has 0 saturated carbocycles. The molecular weight excluding hydrogens is 296 g/mol. The summed E-state index contributed by atoms with van der Waals surface area (Å²) in [7, 11) is 0. The zero-order chi connectivity index (χ0) is 16.0. The van der Waals surface area contributed by atoms with E-state index >= 15 is 0 Å². The quantitative estimate of drug-likeness (QED) is 0.654. The monoisotopic (exact) mass is 314 g/mol. The lowest BCUT2D eigenvalue weighted by atomic mass is 9.94. The summed E-state index contributed by atoms with van der Waals surface area (Å²) in [5.41, 5.74) is 0.835. The Labute approximate surface area is 132 Å². The van der Waals surface area contributed by atoms with Gasteiger partial charge in [0.1, 0.15) is 11.2 Å². The fourth-order valence-electron chi connectivity index (χ4n) is 3.79. The SMILES string of the molecule is O=C(c1cc2cccc([N+](=O)[O-])c2[nH]1)N1C[C@@H]2CCCN[C@@H]2C1.